The summed E-state index contributed by atoms with van der Waals surface area (Å²) in [6.45, 7) is 0. The molecule has 16 heavy (non-hydrogen) atoms. The van der Waals surface area contributed by atoms with E-state index in [9.17, 15) is 8.78 Å². The van der Waals surface area contributed by atoms with Crippen molar-refractivity contribution in [3.8, 4) is 0 Å². The van der Waals surface area contributed by atoms with Gasteiger partial charge in [-0.05, 0) is 29.9 Å². The molecular formula is C13H15F2N. The number of alkyl halides is 2. The Labute approximate surface area is 93.6 Å². The Morgan fingerprint density at radius 1 is 1.12 bits per heavy atom. The molecule has 0 unspecified atom stereocenters. The van der Waals surface area contributed by atoms with E-state index in [0.717, 1.165) is 5.56 Å². The van der Waals surface area contributed by atoms with E-state index in [0.29, 0.717) is 5.92 Å². The lowest BCUT2D eigenvalue weighted by molar-refractivity contribution is -0.125. The highest BCUT2D eigenvalue weighted by atomic mass is 19.3. The highest BCUT2D eigenvalue weighted by molar-refractivity contribution is 5.40. The van der Waals surface area contributed by atoms with Crippen LogP contribution >= 0.6 is 0 Å². The second-order valence-corrected chi connectivity index (χ2v) is 5.23. The Morgan fingerprint density at radius 3 is 2.31 bits per heavy atom. The van der Waals surface area contributed by atoms with Gasteiger partial charge in [0.15, 0.2) is 0 Å². The van der Waals surface area contributed by atoms with E-state index in [1.165, 1.54) is 18.4 Å². The summed E-state index contributed by atoms with van der Waals surface area (Å²) in [6, 6.07) is 7.82. The number of hydrogen-bond donors (Lipinski definition) is 1. The normalized spacial score (nSPS) is 26.2. The van der Waals surface area contributed by atoms with Gasteiger partial charge in [0.1, 0.15) is 0 Å². The molecule has 0 radical (unpaired) electrons. The minimum Gasteiger partial charge on any atom is -0.321 e. The van der Waals surface area contributed by atoms with Gasteiger partial charge < -0.3 is 5.73 Å². The molecule has 0 spiro atoms. The minimum atomic E-state index is -2.56. The van der Waals surface area contributed by atoms with Crippen LogP contribution in [0.5, 0.6) is 0 Å². The fourth-order valence-corrected chi connectivity index (χ4v) is 2.76. The smallest absolute Gasteiger partial charge is 0.252 e. The summed E-state index contributed by atoms with van der Waals surface area (Å²) in [7, 11) is 0. The largest absolute Gasteiger partial charge is 0.321 e. The van der Waals surface area contributed by atoms with Crippen LogP contribution in [0.2, 0.25) is 0 Å². The summed E-state index contributed by atoms with van der Waals surface area (Å²) < 4.78 is 26.0. The van der Waals surface area contributed by atoms with Gasteiger partial charge in [-0.15, -0.1) is 0 Å². The van der Waals surface area contributed by atoms with E-state index >= 15 is 0 Å². The Balaban J connectivity index is 1.95. The third-order valence-corrected chi connectivity index (χ3v) is 3.66. The molecule has 0 bridgehead atoms. The van der Waals surface area contributed by atoms with E-state index in [2.05, 4.69) is 0 Å². The second-order valence-electron chi connectivity index (χ2n) is 5.23. The number of benzene rings is 1. The second kappa shape index (κ2) is 3.04. The zero-order valence-corrected chi connectivity index (χ0v) is 9.05. The predicted molar refractivity (Wildman–Crippen MR) is 58.5 cm³/mol. The molecule has 2 N–H and O–H groups in total. The molecule has 2 saturated carbocycles. The van der Waals surface area contributed by atoms with Gasteiger partial charge in [0.2, 0.25) is 0 Å². The summed E-state index contributed by atoms with van der Waals surface area (Å²) in [5.74, 6) is -2.00. The zero-order chi connectivity index (χ0) is 11.4. The van der Waals surface area contributed by atoms with Crippen molar-refractivity contribution in [2.24, 2.45) is 5.73 Å². The van der Waals surface area contributed by atoms with Crippen LogP contribution in [0, 0.1) is 0 Å². The third kappa shape index (κ3) is 1.54. The first-order chi connectivity index (χ1) is 7.50. The fourth-order valence-electron chi connectivity index (χ4n) is 2.76. The van der Waals surface area contributed by atoms with Crippen LogP contribution in [0.15, 0.2) is 24.3 Å². The SMILES string of the molecule is NC1(c2ccccc2C2CC2)CC(F)(F)C1. The lowest BCUT2D eigenvalue weighted by atomic mass is 9.68. The molecule has 1 aromatic carbocycles. The topological polar surface area (TPSA) is 26.0 Å². The van der Waals surface area contributed by atoms with Crippen molar-refractivity contribution in [3.63, 3.8) is 0 Å². The molecule has 2 aliphatic rings. The van der Waals surface area contributed by atoms with Crippen molar-refractivity contribution in [1.29, 1.82) is 0 Å². The lowest BCUT2D eigenvalue weighted by Gasteiger charge is -2.45. The van der Waals surface area contributed by atoms with Crippen LogP contribution in [0.3, 0.4) is 0 Å². The average Bonchev–Trinajstić information content (AvgIpc) is 2.97. The van der Waals surface area contributed by atoms with Crippen LogP contribution < -0.4 is 5.73 Å². The van der Waals surface area contributed by atoms with Gasteiger partial charge in [0.25, 0.3) is 5.92 Å². The molecule has 0 saturated heterocycles. The molecule has 0 atom stereocenters. The summed E-state index contributed by atoms with van der Waals surface area (Å²) in [5, 5.41) is 0. The van der Waals surface area contributed by atoms with Crippen LogP contribution in [0.4, 0.5) is 8.78 Å². The quantitative estimate of drug-likeness (QED) is 0.819. The summed E-state index contributed by atoms with van der Waals surface area (Å²) in [5.41, 5.74) is 7.44. The molecule has 0 aliphatic heterocycles. The van der Waals surface area contributed by atoms with E-state index in [-0.39, 0.29) is 12.8 Å². The first kappa shape index (κ1) is 10.2. The van der Waals surface area contributed by atoms with E-state index in [1.54, 1.807) is 0 Å². The first-order valence-electron chi connectivity index (χ1n) is 5.76. The fraction of sp³-hybridized carbons (Fsp3) is 0.538. The van der Waals surface area contributed by atoms with E-state index in [4.69, 9.17) is 5.73 Å². The van der Waals surface area contributed by atoms with Gasteiger partial charge in [0, 0.05) is 12.8 Å². The minimum absolute atomic E-state index is 0.205. The average molecular weight is 223 g/mol. The van der Waals surface area contributed by atoms with E-state index in [1.807, 2.05) is 24.3 Å². The van der Waals surface area contributed by atoms with Gasteiger partial charge in [-0.2, -0.15) is 0 Å². The molecule has 0 amide bonds. The summed E-state index contributed by atoms with van der Waals surface area (Å²) >= 11 is 0. The molecule has 3 heteroatoms. The van der Waals surface area contributed by atoms with Crippen molar-refractivity contribution < 1.29 is 8.78 Å². The number of nitrogens with two attached hydrogens (primary N) is 1. The van der Waals surface area contributed by atoms with Gasteiger partial charge in [-0.1, -0.05) is 24.3 Å². The molecule has 0 heterocycles. The summed E-state index contributed by atoms with van der Waals surface area (Å²) in [4.78, 5) is 0. The van der Waals surface area contributed by atoms with Crippen molar-refractivity contribution in [1.82, 2.24) is 0 Å². The monoisotopic (exact) mass is 223 g/mol. The van der Waals surface area contributed by atoms with Gasteiger partial charge in [-0.25, -0.2) is 8.78 Å². The van der Waals surface area contributed by atoms with Gasteiger partial charge in [-0.3, -0.25) is 0 Å². The Hall–Kier alpha value is -0.960. The van der Waals surface area contributed by atoms with Gasteiger partial charge >= 0.3 is 0 Å². The highest BCUT2D eigenvalue weighted by Gasteiger charge is 2.56. The molecule has 3 rings (SSSR count). The molecule has 2 aliphatic carbocycles. The van der Waals surface area contributed by atoms with Crippen LogP contribution in [0.25, 0.3) is 0 Å². The van der Waals surface area contributed by atoms with E-state index < -0.39 is 11.5 Å². The third-order valence-electron chi connectivity index (χ3n) is 3.66. The maximum absolute atomic E-state index is 13.0. The van der Waals surface area contributed by atoms with Crippen molar-refractivity contribution in [2.45, 2.75) is 43.1 Å². The molecule has 1 nitrogen and oxygen atoms in total. The Kier molecular flexibility index (Phi) is 1.94. The Morgan fingerprint density at radius 2 is 1.75 bits per heavy atom. The van der Waals surface area contributed by atoms with Crippen LogP contribution in [-0.2, 0) is 5.54 Å². The number of rotatable bonds is 2. The predicted octanol–water partition coefficient (Wildman–Crippen LogP) is 3.15. The van der Waals surface area contributed by atoms with Crippen LogP contribution in [0.1, 0.15) is 42.7 Å². The first-order valence-corrected chi connectivity index (χ1v) is 5.76. The lowest BCUT2D eigenvalue weighted by Crippen LogP contribution is -2.55. The molecule has 86 valence electrons. The maximum atomic E-state index is 13.0. The molecule has 2 fully saturated rings. The van der Waals surface area contributed by atoms with Gasteiger partial charge in [0.05, 0.1) is 5.54 Å². The Bertz CT molecular complexity index is 416. The molecule has 0 aromatic heterocycles. The van der Waals surface area contributed by atoms with Crippen molar-refractivity contribution in [3.05, 3.63) is 35.4 Å². The molecular weight excluding hydrogens is 208 g/mol. The number of halogens is 2. The molecule has 1 aromatic rings. The highest BCUT2D eigenvalue weighted by Crippen LogP contribution is 2.53. The van der Waals surface area contributed by atoms with Crippen LogP contribution in [-0.4, -0.2) is 5.92 Å². The zero-order valence-electron chi connectivity index (χ0n) is 9.05. The van der Waals surface area contributed by atoms with Crippen molar-refractivity contribution in [2.75, 3.05) is 0 Å². The van der Waals surface area contributed by atoms with Crippen molar-refractivity contribution >= 4 is 0 Å². The summed E-state index contributed by atoms with van der Waals surface area (Å²) in [6.07, 6.45) is 1.93. The maximum Gasteiger partial charge on any atom is 0.252 e. The number of hydrogen-bond acceptors (Lipinski definition) is 1. The standard InChI is InChI=1S/C13H15F2N/c14-13(15)7-12(16,8-13)11-4-2-1-3-10(11)9-5-6-9/h1-4,9H,5-8,16H2.